The number of ether oxygens (including phenoxy) is 1. The minimum Gasteiger partial charge on any atom is -0.494 e. The molecule has 5 heteroatoms. The van der Waals surface area contributed by atoms with Gasteiger partial charge in [0.1, 0.15) is 5.75 Å². The molecule has 2 N–H and O–H groups in total. The van der Waals surface area contributed by atoms with Gasteiger partial charge in [0.05, 0.1) is 19.6 Å². The largest absolute Gasteiger partial charge is 0.494 e. The molecule has 2 aromatic rings. The first-order valence-corrected chi connectivity index (χ1v) is 8.06. The van der Waals surface area contributed by atoms with Gasteiger partial charge in [0.15, 0.2) is 0 Å². The monoisotopic (exact) mass is 328 g/mol. The smallest absolute Gasteiger partial charge is 0.228 e. The van der Waals surface area contributed by atoms with Crippen LogP contribution in [0.2, 0.25) is 0 Å². The molecule has 0 aliphatic heterocycles. The van der Waals surface area contributed by atoms with Crippen LogP contribution >= 0.6 is 0 Å². The lowest BCUT2D eigenvalue weighted by atomic mass is 10.1. The van der Waals surface area contributed by atoms with Crippen LogP contribution in [0.15, 0.2) is 48.5 Å². The number of hydrogen-bond acceptors (Lipinski definition) is 4. The van der Waals surface area contributed by atoms with Gasteiger partial charge in [0.2, 0.25) is 5.91 Å². The molecule has 0 aliphatic rings. The highest BCUT2D eigenvalue weighted by molar-refractivity contribution is 5.92. The van der Waals surface area contributed by atoms with E-state index in [1.807, 2.05) is 67.4 Å². The average molecular weight is 328 g/mol. The van der Waals surface area contributed by atoms with E-state index < -0.39 is 0 Å². The van der Waals surface area contributed by atoms with Gasteiger partial charge < -0.3 is 20.1 Å². The van der Waals surface area contributed by atoms with E-state index in [-0.39, 0.29) is 12.5 Å². The molecule has 0 heterocycles. The zero-order valence-corrected chi connectivity index (χ0v) is 14.2. The molecule has 1 amide bonds. The van der Waals surface area contributed by atoms with Crippen molar-refractivity contribution in [3.8, 4) is 5.75 Å². The lowest BCUT2D eigenvalue weighted by Crippen LogP contribution is -2.21. The van der Waals surface area contributed by atoms with E-state index in [0.29, 0.717) is 19.6 Å². The molecule has 0 aromatic heterocycles. The number of likely N-dealkylation sites (N-methyl/N-ethyl adjacent to an activating group) is 1. The maximum absolute atomic E-state index is 12.1. The van der Waals surface area contributed by atoms with Gasteiger partial charge in [-0.05, 0) is 48.9 Å². The van der Waals surface area contributed by atoms with E-state index in [0.717, 1.165) is 22.7 Å². The van der Waals surface area contributed by atoms with E-state index in [2.05, 4.69) is 5.32 Å². The number of aliphatic hydroxyl groups is 1. The Labute approximate surface area is 142 Å². The number of rotatable bonds is 8. The van der Waals surface area contributed by atoms with E-state index in [1.54, 1.807) is 0 Å². The quantitative estimate of drug-likeness (QED) is 0.782. The van der Waals surface area contributed by atoms with Crippen LogP contribution in [0.3, 0.4) is 0 Å². The summed E-state index contributed by atoms with van der Waals surface area (Å²) < 4.78 is 5.39. The number of benzene rings is 2. The van der Waals surface area contributed by atoms with Gasteiger partial charge in [0.25, 0.3) is 0 Å². The number of anilines is 2. The van der Waals surface area contributed by atoms with Crippen LogP contribution in [-0.4, -0.2) is 37.8 Å². The zero-order valence-electron chi connectivity index (χ0n) is 14.2. The van der Waals surface area contributed by atoms with E-state index >= 15 is 0 Å². The van der Waals surface area contributed by atoms with Crippen molar-refractivity contribution in [3.63, 3.8) is 0 Å². The third-order valence-corrected chi connectivity index (χ3v) is 3.63. The maximum atomic E-state index is 12.1. The summed E-state index contributed by atoms with van der Waals surface area (Å²) in [5.41, 5.74) is 2.69. The van der Waals surface area contributed by atoms with Crippen molar-refractivity contribution in [2.75, 3.05) is 37.0 Å². The van der Waals surface area contributed by atoms with Gasteiger partial charge in [-0.15, -0.1) is 0 Å². The highest BCUT2D eigenvalue weighted by atomic mass is 16.5. The number of aliphatic hydroxyl groups excluding tert-OH is 1. The van der Waals surface area contributed by atoms with Gasteiger partial charge in [-0.25, -0.2) is 0 Å². The van der Waals surface area contributed by atoms with Gasteiger partial charge >= 0.3 is 0 Å². The van der Waals surface area contributed by atoms with E-state index in [1.165, 1.54) is 0 Å². The molecule has 0 spiro atoms. The summed E-state index contributed by atoms with van der Waals surface area (Å²) in [7, 11) is 1.91. The van der Waals surface area contributed by atoms with Crippen molar-refractivity contribution in [1.82, 2.24) is 0 Å². The Bertz CT molecular complexity index is 639. The summed E-state index contributed by atoms with van der Waals surface area (Å²) in [5.74, 6) is 0.750. The SMILES string of the molecule is CCOc1ccc(CC(=O)Nc2ccc(N(C)CCO)cc2)cc1. The zero-order chi connectivity index (χ0) is 17.4. The van der Waals surface area contributed by atoms with Crippen molar-refractivity contribution in [3.05, 3.63) is 54.1 Å². The first-order valence-electron chi connectivity index (χ1n) is 8.06. The standard InChI is InChI=1S/C19H24N2O3/c1-3-24-18-10-4-15(5-11-18)14-19(23)20-16-6-8-17(9-7-16)21(2)12-13-22/h4-11,22H,3,12-14H2,1-2H3,(H,20,23). The molecule has 0 fully saturated rings. The molecule has 128 valence electrons. The van der Waals surface area contributed by atoms with Crippen molar-refractivity contribution in [2.24, 2.45) is 0 Å². The van der Waals surface area contributed by atoms with Crippen LogP contribution in [0.25, 0.3) is 0 Å². The number of nitrogens with zero attached hydrogens (tertiary/aromatic N) is 1. The molecule has 0 atom stereocenters. The van der Waals surface area contributed by atoms with Crippen LogP contribution in [0.5, 0.6) is 5.75 Å². The molecule has 5 nitrogen and oxygen atoms in total. The second-order valence-corrected chi connectivity index (χ2v) is 5.49. The summed E-state index contributed by atoms with van der Waals surface area (Å²) in [4.78, 5) is 14.1. The predicted octanol–water partition coefficient (Wildman–Crippen LogP) is 2.70. The first-order chi connectivity index (χ1) is 11.6. The summed E-state index contributed by atoms with van der Waals surface area (Å²) in [6, 6.07) is 15.1. The van der Waals surface area contributed by atoms with Crippen molar-refractivity contribution in [1.29, 1.82) is 0 Å². The lowest BCUT2D eigenvalue weighted by molar-refractivity contribution is -0.115. The number of carbonyl (C=O) groups is 1. The fourth-order valence-electron chi connectivity index (χ4n) is 2.34. The van der Waals surface area contributed by atoms with Gasteiger partial charge in [0, 0.05) is 25.0 Å². The summed E-state index contributed by atoms with van der Waals surface area (Å²) in [5, 5.41) is 11.8. The molecule has 0 saturated heterocycles. The van der Waals surface area contributed by atoms with Crippen molar-refractivity contribution >= 4 is 17.3 Å². The van der Waals surface area contributed by atoms with Crippen molar-refractivity contribution < 1.29 is 14.6 Å². The number of amides is 1. The Morgan fingerprint density at radius 2 is 1.79 bits per heavy atom. The molecule has 2 rings (SSSR count). The van der Waals surface area contributed by atoms with Gasteiger partial charge in [-0.2, -0.15) is 0 Å². The molecular formula is C19H24N2O3. The van der Waals surface area contributed by atoms with Gasteiger partial charge in [-0.3, -0.25) is 4.79 Å². The molecule has 2 aromatic carbocycles. The molecule has 0 bridgehead atoms. The Morgan fingerprint density at radius 1 is 1.12 bits per heavy atom. The highest BCUT2D eigenvalue weighted by Crippen LogP contribution is 2.17. The van der Waals surface area contributed by atoms with Crippen LogP contribution in [-0.2, 0) is 11.2 Å². The Kier molecular flexibility index (Phi) is 6.63. The summed E-state index contributed by atoms with van der Waals surface area (Å²) in [6.07, 6.45) is 0.318. The summed E-state index contributed by atoms with van der Waals surface area (Å²) >= 11 is 0. The molecule has 24 heavy (non-hydrogen) atoms. The van der Waals surface area contributed by atoms with Crippen LogP contribution in [0, 0.1) is 0 Å². The lowest BCUT2D eigenvalue weighted by Gasteiger charge is -2.18. The van der Waals surface area contributed by atoms with E-state index in [4.69, 9.17) is 9.84 Å². The molecule has 0 saturated carbocycles. The topological polar surface area (TPSA) is 61.8 Å². The number of carbonyl (C=O) groups excluding carboxylic acids is 1. The predicted molar refractivity (Wildman–Crippen MR) is 96.7 cm³/mol. The van der Waals surface area contributed by atoms with Gasteiger partial charge in [-0.1, -0.05) is 12.1 Å². The Morgan fingerprint density at radius 3 is 2.38 bits per heavy atom. The van der Waals surface area contributed by atoms with Crippen molar-refractivity contribution in [2.45, 2.75) is 13.3 Å². The second-order valence-electron chi connectivity index (χ2n) is 5.49. The first kappa shape index (κ1) is 17.8. The molecular weight excluding hydrogens is 304 g/mol. The summed E-state index contributed by atoms with van der Waals surface area (Å²) in [6.45, 7) is 3.25. The average Bonchev–Trinajstić information content (AvgIpc) is 2.58. The molecule has 0 aliphatic carbocycles. The Hall–Kier alpha value is -2.53. The minimum absolute atomic E-state index is 0.0596. The van der Waals surface area contributed by atoms with Crippen LogP contribution in [0.4, 0.5) is 11.4 Å². The molecule has 0 unspecified atom stereocenters. The third kappa shape index (κ3) is 5.28. The third-order valence-electron chi connectivity index (χ3n) is 3.63. The Balaban J connectivity index is 1.89. The maximum Gasteiger partial charge on any atom is 0.228 e. The second kappa shape index (κ2) is 8.93. The number of nitrogens with one attached hydrogen (secondary N) is 1. The fraction of sp³-hybridized carbons (Fsp3) is 0.316. The number of hydrogen-bond donors (Lipinski definition) is 2. The molecule has 0 radical (unpaired) electrons. The normalized spacial score (nSPS) is 10.3. The minimum atomic E-state index is -0.0596. The fourth-order valence-corrected chi connectivity index (χ4v) is 2.34. The highest BCUT2D eigenvalue weighted by Gasteiger charge is 2.06. The van der Waals surface area contributed by atoms with Crippen LogP contribution < -0.4 is 15.0 Å². The van der Waals surface area contributed by atoms with Crippen LogP contribution in [0.1, 0.15) is 12.5 Å². The van der Waals surface area contributed by atoms with E-state index in [9.17, 15) is 4.79 Å².